The van der Waals surface area contributed by atoms with Gasteiger partial charge in [0.25, 0.3) is 0 Å². The van der Waals surface area contributed by atoms with Crippen LogP contribution in [0.3, 0.4) is 0 Å². The number of rotatable bonds is 17. The summed E-state index contributed by atoms with van der Waals surface area (Å²) >= 11 is 0. The highest BCUT2D eigenvalue weighted by Gasteiger charge is 2.18. The molecule has 4 heterocycles. The molecule has 0 saturated heterocycles. The summed E-state index contributed by atoms with van der Waals surface area (Å²) in [6.45, 7) is 13.3. The molecule has 4 aromatic heterocycles. The minimum Gasteiger partial charge on any atom is -0.449 e. The molecule has 14 heteroatoms. The first kappa shape index (κ1) is 38.9. The second-order valence-corrected chi connectivity index (χ2v) is 14.1. The van der Waals surface area contributed by atoms with Gasteiger partial charge in [-0.15, -0.1) is 19.5 Å². The molecule has 0 aliphatic rings. The van der Waals surface area contributed by atoms with Crippen molar-refractivity contribution in [3.8, 4) is 22.8 Å². The molecule has 2 amide bonds. The molecule has 290 valence electrons. The van der Waals surface area contributed by atoms with Crippen molar-refractivity contribution >= 4 is 40.9 Å². The minimum atomic E-state index is -0.460. The molecule has 6 rings (SSSR count). The van der Waals surface area contributed by atoms with Gasteiger partial charge in [-0.1, -0.05) is 66.2 Å². The van der Waals surface area contributed by atoms with Gasteiger partial charge in [-0.25, -0.2) is 14.6 Å². The second kappa shape index (κ2) is 18.0. The van der Waals surface area contributed by atoms with E-state index in [2.05, 4.69) is 63.7 Å². The number of fused-ring (bicyclic) bond motifs is 2. The summed E-state index contributed by atoms with van der Waals surface area (Å²) in [7, 11) is 0. The Morgan fingerprint density at radius 3 is 1.82 bits per heavy atom. The molecular formula is C41H52N10O4. The smallest absolute Gasteiger partial charge is 0.411 e. The van der Waals surface area contributed by atoms with E-state index in [0.29, 0.717) is 53.7 Å². The lowest BCUT2D eigenvalue weighted by Gasteiger charge is -2.15. The quantitative estimate of drug-likeness (QED) is 0.0829. The highest BCUT2D eigenvalue weighted by Crippen LogP contribution is 2.24. The summed E-state index contributed by atoms with van der Waals surface area (Å²) in [5.74, 6) is 1.89. The Morgan fingerprint density at radius 1 is 0.727 bits per heavy atom. The van der Waals surface area contributed by atoms with Gasteiger partial charge in [-0.05, 0) is 93.1 Å². The number of hydrogen-bond acceptors (Lipinski definition) is 9. The molecule has 0 bridgehead atoms. The van der Waals surface area contributed by atoms with Crippen LogP contribution in [0.25, 0.3) is 40.1 Å². The van der Waals surface area contributed by atoms with Gasteiger partial charge in [0, 0.05) is 33.3 Å². The number of carbonyl (C=O) groups is 2. The Kier molecular flexibility index (Phi) is 12.8. The largest absolute Gasteiger partial charge is 0.449 e. The number of carbonyl (C=O) groups excluding carboxylic acids is 2. The third kappa shape index (κ3) is 9.48. The van der Waals surface area contributed by atoms with E-state index in [0.717, 1.165) is 90.3 Å². The van der Waals surface area contributed by atoms with Crippen LogP contribution in [0.4, 0.5) is 21.0 Å². The van der Waals surface area contributed by atoms with Gasteiger partial charge >= 0.3 is 12.2 Å². The van der Waals surface area contributed by atoms with Gasteiger partial charge in [-0.3, -0.25) is 10.6 Å². The molecule has 6 aromatic rings. The molecular weight excluding hydrogens is 697 g/mol. The Bertz CT molecular complexity index is 2260. The van der Waals surface area contributed by atoms with Crippen molar-refractivity contribution in [2.45, 2.75) is 92.9 Å². The van der Waals surface area contributed by atoms with E-state index in [1.165, 1.54) is 4.63 Å². The van der Waals surface area contributed by atoms with Crippen molar-refractivity contribution in [1.82, 2.24) is 39.6 Å². The fourth-order valence-corrected chi connectivity index (χ4v) is 6.49. The topological polar surface area (TPSA) is 166 Å². The van der Waals surface area contributed by atoms with Crippen LogP contribution in [0.5, 0.6) is 0 Å². The van der Waals surface area contributed by atoms with Crippen LogP contribution in [0, 0.1) is 25.7 Å². The standard InChI is InChI=1S/C41H52N10O4/c1-7-11-13-28(9-3)24-54-40(52)42-32-19-15-30(16-20-32)36-44-38-34(26(5)46-50(38)48-36)23-35-27(6)47-51-39(35)45-37(49-51)31-17-21-33(22-18-31)43-41(53)55-25-29(10-4)14-12-8-2/h15-23,28-29H,7-14,24-25H2,1-6H3,(H,42,52)(H,43,53)(H,44,48)/b35-23-. The number of aromatic nitrogens is 8. The van der Waals surface area contributed by atoms with Gasteiger partial charge in [0.2, 0.25) is 0 Å². The second-order valence-electron chi connectivity index (χ2n) is 14.1. The number of anilines is 2. The Labute approximate surface area is 321 Å². The maximum absolute atomic E-state index is 12.4. The zero-order valence-electron chi connectivity index (χ0n) is 32.7. The molecule has 0 aliphatic carbocycles. The fourth-order valence-electron chi connectivity index (χ4n) is 6.49. The molecule has 55 heavy (non-hydrogen) atoms. The maximum Gasteiger partial charge on any atom is 0.411 e. The lowest BCUT2D eigenvalue weighted by atomic mass is 10.0. The molecule has 0 fully saturated rings. The zero-order chi connectivity index (χ0) is 38.9. The summed E-state index contributed by atoms with van der Waals surface area (Å²) in [6.07, 6.45) is 9.70. The van der Waals surface area contributed by atoms with Gasteiger partial charge in [0.05, 0.1) is 24.6 Å². The summed E-state index contributed by atoms with van der Waals surface area (Å²) in [5, 5.41) is 25.1. The van der Waals surface area contributed by atoms with E-state index in [1.54, 1.807) is 16.8 Å². The lowest BCUT2D eigenvalue weighted by molar-refractivity contribution is 0.135. The van der Waals surface area contributed by atoms with Crippen molar-refractivity contribution in [3.63, 3.8) is 0 Å². The van der Waals surface area contributed by atoms with Gasteiger partial charge in [0.1, 0.15) is 0 Å². The molecule has 3 N–H and O–H groups in total. The summed E-state index contributed by atoms with van der Waals surface area (Å²) in [4.78, 5) is 33.1. The number of benzene rings is 2. The normalized spacial score (nSPS) is 13.0. The average molecular weight is 749 g/mol. The first-order valence-corrected chi connectivity index (χ1v) is 19.5. The van der Waals surface area contributed by atoms with Crippen molar-refractivity contribution in [2.24, 2.45) is 11.8 Å². The molecule has 14 nitrogen and oxygen atoms in total. The monoisotopic (exact) mass is 748 g/mol. The molecule has 0 saturated carbocycles. The first-order valence-electron chi connectivity index (χ1n) is 19.5. The molecule has 2 atom stereocenters. The van der Waals surface area contributed by atoms with Gasteiger partial charge in [-0.2, -0.15) is 10.2 Å². The minimum absolute atomic E-state index is 0.374. The molecule has 2 unspecified atom stereocenters. The molecule has 2 aromatic carbocycles. The Balaban J connectivity index is 1.14. The van der Waals surface area contributed by atoms with E-state index < -0.39 is 12.2 Å². The third-order valence-electron chi connectivity index (χ3n) is 10.1. The van der Waals surface area contributed by atoms with E-state index in [1.807, 2.05) is 56.3 Å². The van der Waals surface area contributed by atoms with E-state index in [9.17, 15) is 9.59 Å². The van der Waals surface area contributed by atoms with Crippen molar-refractivity contribution in [2.75, 3.05) is 23.8 Å². The van der Waals surface area contributed by atoms with Crippen molar-refractivity contribution in [3.05, 3.63) is 70.7 Å². The van der Waals surface area contributed by atoms with Crippen molar-refractivity contribution in [1.29, 1.82) is 0 Å². The first-order chi connectivity index (χ1) is 26.7. The lowest BCUT2D eigenvalue weighted by Crippen LogP contribution is -2.18. The maximum atomic E-state index is 12.4. The van der Waals surface area contributed by atoms with Crippen LogP contribution < -0.4 is 15.9 Å². The zero-order valence-corrected chi connectivity index (χ0v) is 32.7. The van der Waals surface area contributed by atoms with Crippen LogP contribution in [-0.2, 0) is 9.47 Å². The van der Waals surface area contributed by atoms with E-state index >= 15 is 0 Å². The summed E-state index contributed by atoms with van der Waals surface area (Å²) in [5.41, 5.74) is 6.62. The van der Waals surface area contributed by atoms with Crippen LogP contribution >= 0.6 is 0 Å². The average Bonchev–Trinajstić information content (AvgIpc) is 3.93. The predicted molar refractivity (Wildman–Crippen MR) is 214 cm³/mol. The number of nitrogens with one attached hydrogen (secondary N) is 3. The van der Waals surface area contributed by atoms with E-state index in [-0.39, 0.29) is 0 Å². The number of nitrogens with zero attached hydrogens (tertiary/aromatic N) is 7. The van der Waals surface area contributed by atoms with Crippen molar-refractivity contribution < 1.29 is 19.1 Å². The number of amides is 2. The number of ether oxygens (including phenoxy) is 2. The Hall–Kier alpha value is -5.79. The van der Waals surface area contributed by atoms with Crippen LogP contribution in [-0.4, -0.2) is 65.0 Å². The van der Waals surface area contributed by atoms with Gasteiger partial charge < -0.3 is 14.5 Å². The van der Waals surface area contributed by atoms with Crippen LogP contribution in [0.1, 0.15) is 96.0 Å². The molecule has 0 aliphatic heterocycles. The number of hydrogen-bond donors (Lipinski definition) is 3. The van der Waals surface area contributed by atoms with Crippen LogP contribution in [0.2, 0.25) is 0 Å². The Morgan fingerprint density at radius 2 is 1.27 bits per heavy atom. The third-order valence-corrected chi connectivity index (χ3v) is 10.1. The van der Waals surface area contributed by atoms with Gasteiger partial charge in [0.15, 0.2) is 22.9 Å². The summed E-state index contributed by atoms with van der Waals surface area (Å²) in [6, 6.07) is 14.8. The SMILES string of the molecule is CCCCC(CC)COC(=O)Nc1ccc(-c2nc3/c(=C\c4c(C)nn5nc(-c6ccc(NC(=O)OCC(CC)CCCC)cc6)[nH]c45)c(C)nn3n2)cc1. The number of aromatic amines is 1. The number of unbranched alkanes of at least 4 members (excludes halogenated alkanes) is 2. The number of H-pyrrole nitrogens is 1. The number of aryl methyl sites for hydroxylation is 2. The highest BCUT2D eigenvalue weighted by atomic mass is 16.6. The fraction of sp³-hybridized carbons (Fsp3) is 0.439. The molecule has 0 spiro atoms. The van der Waals surface area contributed by atoms with E-state index in [4.69, 9.17) is 14.5 Å². The molecule has 0 radical (unpaired) electrons. The summed E-state index contributed by atoms with van der Waals surface area (Å²) < 4.78 is 14.1. The van der Waals surface area contributed by atoms with Crippen LogP contribution in [0.15, 0.2) is 48.5 Å². The highest BCUT2D eigenvalue weighted by molar-refractivity contribution is 5.85. The predicted octanol–water partition coefficient (Wildman–Crippen LogP) is 8.52.